The summed E-state index contributed by atoms with van der Waals surface area (Å²) in [5.41, 5.74) is 9.13. The minimum atomic E-state index is -2.24. The van der Waals surface area contributed by atoms with E-state index >= 15 is 0 Å². The lowest BCUT2D eigenvalue weighted by molar-refractivity contribution is -0.145. The Morgan fingerprint density at radius 2 is 1.94 bits per heavy atom. The summed E-state index contributed by atoms with van der Waals surface area (Å²) in [5, 5.41) is 26.3. The lowest BCUT2D eigenvalue weighted by Crippen LogP contribution is -2.61. The molecule has 0 saturated carbocycles. The molecule has 0 fully saturated rings. The Hall–Kier alpha value is -4.66. The van der Waals surface area contributed by atoms with Gasteiger partial charge in [0.25, 0.3) is 11.5 Å². The number of carbonyl (C=O) groups excluding carboxylic acids is 2. The number of fused-ring (bicyclic) bond motifs is 1. The Labute approximate surface area is 197 Å². The molecule has 35 heavy (non-hydrogen) atoms. The van der Waals surface area contributed by atoms with Crippen LogP contribution in [0, 0.1) is 0 Å². The number of hydrogen-bond donors (Lipinski definition) is 8. The molecule has 2 atom stereocenters. The van der Waals surface area contributed by atoms with Gasteiger partial charge in [0.15, 0.2) is 17.2 Å². The van der Waals surface area contributed by atoms with E-state index in [1.807, 2.05) is 0 Å². The highest BCUT2D eigenvalue weighted by molar-refractivity contribution is 5.98. The number of nitrogen functional groups attached to an aromatic ring is 1. The van der Waals surface area contributed by atoms with Crippen molar-refractivity contribution in [2.75, 3.05) is 34.4 Å². The molecule has 2 amide bonds. The molecule has 15 heteroatoms. The molecule has 0 saturated heterocycles. The van der Waals surface area contributed by atoms with Crippen molar-refractivity contribution in [2.24, 2.45) is 5.73 Å². The third-order valence-corrected chi connectivity index (χ3v) is 5.32. The third-order valence-electron chi connectivity index (χ3n) is 5.32. The quantitative estimate of drug-likeness (QED) is 0.141. The summed E-state index contributed by atoms with van der Waals surface area (Å²) in [6, 6.07) is 5.49. The van der Waals surface area contributed by atoms with Gasteiger partial charge in [0, 0.05) is 37.2 Å². The molecule has 1 aromatic heterocycles. The number of nitrogens with two attached hydrogens (primary N) is 2. The van der Waals surface area contributed by atoms with E-state index in [2.05, 4.69) is 25.9 Å². The van der Waals surface area contributed by atoms with Crippen molar-refractivity contribution in [1.29, 1.82) is 0 Å². The zero-order valence-electron chi connectivity index (χ0n) is 18.3. The number of anilines is 4. The molecular weight excluding hydrogens is 464 g/mol. The highest BCUT2D eigenvalue weighted by atomic mass is 16.4. The molecular formula is C20H24N8O7. The van der Waals surface area contributed by atoms with Crippen LogP contribution >= 0.6 is 0 Å². The number of rotatable bonds is 10. The number of nitrogens with one attached hydrogen (secondary N) is 4. The van der Waals surface area contributed by atoms with Crippen LogP contribution in [0.3, 0.4) is 0 Å². The first-order valence-corrected chi connectivity index (χ1v) is 10.3. The van der Waals surface area contributed by atoms with Crippen LogP contribution in [-0.4, -0.2) is 69.2 Å². The maximum Gasteiger partial charge on any atom is 0.344 e. The molecule has 2 unspecified atom stereocenters. The lowest BCUT2D eigenvalue weighted by atomic mass is 10.0. The molecule has 0 bridgehead atoms. The number of benzene rings is 1. The van der Waals surface area contributed by atoms with Crippen molar-refractivity contribution in [3.63, 3.8) is 0 Å². The molecule has 10 N–H and O–H groups in total. The van der Waals surface area contributed by atoms with E-state index in [0.717, 1.165) is 0 Å². The number of carbonyl (C=O) groups is 4. The molecule has 0 aliphatic carbocycles. The summed E-state index contributed by atoms with van der Waals surface area (Å²) in [6.07, 6.45) is -0.516. The van der Waals surface area contributed by atoms with Crippen LogP contribution < -0.4 is 37.9 Å². The van der Waals surface area contributed by atoms with Crippen LogP contribution in [0.15, 0.2) is 29.1 Å². The predicted molar refractivity (Wildman–Crippen MR) is 124 cm³/mol. The van der Waals surface area contributed by atoms with Crippen molar-refractivity contribution in [2.45, 2.75) is 24.5 Å². The fourth-order valence-corrected chi connectivity index (χ4v) is 3.43. The Balaban J connectivity index is 1.65. The number of aromatic nitrogens is 2. The second kappa shape index (κ2) is 10.1. The summed E-state index contributed by atoms with van der Waals surface area (Å²) in [4.78, 5) is 66.2. The third kappa shape index (κ3) is 5.64. The van der Waals surface area contributed by atoms with Gasteiger partial charge in [-0.1, -0.05) is 0 Å². The van der Waals surface area contributed by atoms with Gasteiger partial charge in [-0.15, -0.1) is 0 Å². The Bertz CT molecular complexity index is 1200. The van der Waals surface area contributed by atoms with Gasteiger partial charge in [0.1, 0.15) is 0 Å². The van der Waals surface area contributed by atoms with Gasteiger partial charge in [-0.05, 0) is 24.3 Å². The maximum atomic E-state index is 12.5. The minimum Gasteiger partial charge on any atom is -0.481 e. The topological polar surface area (TPSA) is 246 Å². The average molecular weight is 488 g/mol. The van der Waals surface area contributed by atoms with Gasteiger partial charge in [0.05, 0.1) is 6.04 Å². The number of amides is 2. The number of carboxylic acids is 2. The zero-order chi connectivity index (χ0) is 25.8. The molecule has 2 heterocycles. The molecule has 2 aromatic rings. The first-order chi connectivity index (χ1) is 16.5. The molecule has 3 rings (SSSR count). The predicted octanol–water partition coefficient (Wildman–Crippen LogP) is -1.44. The molecule has 1 aliphatic heterocycles. The normalized spacial score (nSPS) is 16.3. The van der Waals surface area contributed by atoms with Crippen LogP contribution in [0.1, 0.15) is 23.2 Å². The van der Waals surface area contributed by atoms with Gasteiger partial charge in [-0.25, -0.2) is 4.79 Å². The van der Waals surface area contributed by atoms with E-state index in [9.17, 15) is 29.1 Å². The molecule has 0 radical (unpaired) electrons. The van der Waals surface area contributed by atoms with E-state index in [-0.39, 0.29) is 29.6 Å². The summed E-state index contributed by atoms with van der Waals surface area (Å²) < 4.78 is 0. The van der Waals surface area contributed by atoms with E-state index in [4.69, 9.17) is 16.6 Å². The van der Waals surface area contributed by atoms with Crippen molar-refractivity contribution in [3.05, 3.63) is 40.2 Å². The van der Waals surface area contributed by atoms with Gasteiger partial charge in [-0.2, -0.15) is 4.98 Å². The average Bonchev–Trinajstić information content (AvgIpc) is 2.81. The Morgan fingerprint density at radius 1 is 1.26 bits per heavy atom. The smallest absolute Gasteiger partial charge is 0.344 e. The first kappa shape index (κ1) is 25.0. The molecule has 15 nitrogen and oxygen atoms in total. The van der Waals surface area contributed by atoms with Crippen LogP contribution in [0.5, 0.6) is 0 Å². The fraction of sp³-hybridized carbons (Fsp3) is 0.300. The van der Waals surface area contributed by atoms with Crippen molar-refractivity contribution in [3.8, 4) is 0 Å². The second-order valence-electron chi connectivity index (χ2n) is 7.78. The second-order valence-corrected chi connectivity index (χ2v) is 7.78. The molecule has 1 aromatic carbocycles. The molecule has 1 aliphatic rings. The number of nitrogens with zero attached hydrogens (tertiary/aromatic N) is 2. The largest absolute Gasteiger partial charge is 0.481 e. The summed E-state index contributed by atoms with van der Waals surface area (Å²) in [6.45, 7) is 0.528. The van der Waals surface area contributed by atoms with Crippen LogP contribution in [0.2, 0.25) is 0 Å². The van der Waals surface area contributed by atoms with E-state index < -0.39 is 48.0 Å². The first-order valence-electron chi connectivity index (χ1n) is 10.3. The van der Waals surface area contributed by atoms with Crippen LogP contribution in [-0.2, 0) is 14.4 Å². The Morgan fingerprint density at radius 3 is 2.54 bits per heavy atom. The van der Waals surface area contributed by atoms with Crippen molar-refractivity contribution < 1.29 is 29.4 Å². The van der Waals surface area contributed by atoms with Crippen LogP contribution in [0.25, 0.3) is 0 Å². The standard InChI is InChI=1S/C20H24N8O7/c21-19-25-15-14(17(33)26-19)28(9-29)12(8-24-15)7-23-11-3-1-10(2-4-11)16(32)27-20(22,18(34)35)6-5-13(30)31/h1-4,9,12,23H,5-8,22H2,(H,27,32)(H,30,31)(H,34,35)(H4,21,24,25,26,33). The van der Waals surface area contributed by atoms with E-state index in [0.29, 0.717) is 18.6 Å². The number of carboxylic acid groups (broad SMARTS) is 2. The summed E-state index contributed by atoms with van der Waals surface area (Å²) in [7, 11) is 0. The lowest BCUT2D eigenvalue weighted by Gasteiger charge is -2.34. The fourth-order valence-electron chi connectivity index (χ4n) is 3.43. The minimum absolute atomic E-state index is 0.0471. The number of aliphatic carboxylic acids is 2. The van der Waals surface area contributed by atoms with Crippen LogP contribution in [0.4, 0.5) is 23.1 Å². The zero-order valence-corrected chi connectivity index (χ0v) is 18.3. The highest BCUT2D eigenvalue weighted by Crippen LogP contribution is 2.25. The molecule has 186 valence electrons. The number of H-pyrrole nitrogens is 1. The molecule has 0 spiro atoms. The number of aromatic amines is 1. The van der Waals surface area contributed by atoms with Crippen molar-refractivity contribution >= 4 is 47.4 Å². The summed E-state index contributed by atoms with van der Waals surface area (Å²) in [5.74, 6) is -3.49. The van der Waals surface area contributed by atoms with Gasteiger partial charge < -0.3 is 36.8 Å². The SMILES string of the molecule is Nc1nc2c(c(=O)[nH]1)N(C=O)C(CNc1ccc(C(=O)NC(N)(CCC(=O)O)C(=O)O)cc1)CN2. The maximum absolute atomic E-state index is 12.5. The van der Waals surface area contributed by atoms with Gasteiger partial charge >= 0.3 is 11.9 Å². The van der Waals surface area contributed by atoms with Crippen molar-refractivity contribution in [1.82, 2.24) is 15.3 Å². The van der Waals surface area contributed by atoms with E-state index in [1.54, 1.807) is 12.1 Å². The highest BCUT2D eigenvalue weighted by Gasteiger charge is 2.36. The van der Waals surface area contributed by atoms with E-state index in [1.165, 1.54) is 17.0 Å². The monoisotopic (exact) mass is 488 g/mol. The number of hydrogen-bond acceptors (Lipinski definition) is 10. The van der Waals surface area contributed by atoms with Gasteiger partial charge in [-0.3, -0.25) is 29.9 Å². The summed E-state index contributed by atoms with van der Waals surface area (Å²) >= 11 is 0. The van der Waals surface area contributed by atoms with Gasteiger partial charge in [0.2, 0.25) is 12.4 Å². The Kier molecular flexibility index (Phi) is 7.20.